The van der Waals surface area contributed by atoms with E-state index in [1.165, 1.54) is 5.56 Å². The van der Waals surface area contributed by atoms with E-state index in [1.54, 1.807) is 0 Å². The van der Waals surface area contributed by atoms with Crippen molar-refractivity contribution in [2.24, 2.45) is 10.7 Å². The van der Waals surface area contributed by atoms with Crippen LogP contribution in [0.2, 0.25) is 0 Å². The molecule has 0 amide bonds. The van der Waals surface area contributed by atoms with Gasteiger partial charge < -0.3 is 10.6 Å². The van der Waals surface area contributed by atoms with Gasteiger partial charge in [0.1, 0.15) is 0 Å². The molecule has 1 aliphatic rings. The van der Waals surface area contributed by atoms with Gasteiger partial charge in [-0.25, -0.2) is 0 Å². The molecular weight excluding hydrogens is 198 g/mol. The summed E-state index contributed by atoms with van der Waals surface area (Å²) in [5.41, 5.74) is 7.00. The minimum absolute atomic E-state index is 0.139. The normalized spacial score (nSPS) is 24.3. The van der Waals surface area contributed by atoms with Crippen molar-refractivity contribution < 1.29 is 0 Å². The second kappa shape index (κ2) is 4.00. The molecule has 0 bridgehead atoms. The summed E-state index contributed by atoms with van der Waals surface area (Å²) < 4.78 is 0. The molecule has 16 heavy (non-hydrogen) atoms. The van der Waals surface area contributed by atoms with E-state index in [0.29, 0.717) is 12.5 Å². The monoisotopic (exact) mass is 215 g/mol. The van der Waals surface area contributed by atoms with Gasteiger partial charge in [-0.15, -0.1) is 6.58 Å². The number of aliphatic imine (C=N–C) groups is 1. The van der Waals surface area contributed by atoms with Gasteiger partial charge in [0.25, 0.3) is 0 Å². The van der Waals surface area contributed by atoms with E-state index in [2.05, 4.69) is 35.5 Å². The van der Waals surface area contributed by atoms with Gasteiger partial charge in [0.2, 0.25) is 0 Å². The fraction of sp³-hybridized carbons (Fsp3) is 0.308. The Bertz CT molecular complexity index is 410. The average molecular weight is 215 g/mol. The van der Waals surface area contributed by atoms with Crippen LogP contribution in [0.3, 0.4) is 0 Å². The minimum atomic E-state index is -0.139. The van der Waals surface area contributed by atoms with E-state index in [0.717, 1.165) is 6.54 Å². The van der Waals surface area contributed by atoms with Crippen molar-refractivity contribution in [3.05, 3.63) is 48.6 Å². The smallest absolute Gasteiger partial charge is 0.192 e. The highest BCUT2D eigenvalue weighted by molar-refractivity contribution is 5.81. The standard InChI is InChI=1S/C13H17N3/c1-3-9-16-12(14)15-10-13(16,2)11-7-5-4-6-8-11/h3-8H,1,9-10H2,2H3,(H2,14,15). The fourth-order valence-electron chi connectivity index (χ4n) is 2.13. The molecule has 0 saturated carbocycles. The zero-order valence-electron chi connectivity index (χ0n) is 9.56. The molecule has 1 aromatic rings. The van der Waals surface area contributed by atoms with Gasteiger partial charge in [0.05, 0.1) is 12.1 Å². The Hall–Kier alpha value is -1.77. The Kier molecular flexibility index (Phi) is 2.69. The van der Waals surface area contributed by atoms with E-state index in [9.17, 15) is 0 Å². The van der Waals surface area contributed by atoms with Crippen LogP contribution in [-0.2, 0) is 5.54 Å². The summed E-state index contributed by atoms with van der Waals surface area (Å²) >= 11 is 0. The summed E-state index contributed by atoms with van der Waals surface area (Å²) in [5, 5.41) is 0. The summed E-state index contributed by atoms with van der Waals surface area (Å²) in [4.78, 5) is 6.43. The lowest BCUT2D eigenvalue weighted by Gasteiger charge is -2.36. The van der Waals surface area contributed by atoms with E-state index in [4.69, 9.17) is 5.73 Å². The largest absolute Gasteiger partial charge is 0.370 e. The summed E-state index contributed by atoms with van der Waals surface area (Å²) in [7, 11) is 0. The van der Waals surface area contributed by atoms with Gasteiger partial charge in [-0.3, -0.25) is 4.99 Å². The van der Waals surface area contributed by atoms with E-state index in [1.807, 2.05) is 24.3 Å². The van der Waals surface area contributed by atoms with Crippen LogP contribution in [0.25, 0.3) is 0 Å². The summed E-state index contributed by atoms with van der Waals surface area (Å²) in [5.74, 6) is 0.603. The molecule has 1 aliphatic heterocycles. The van der Waals surface area contributed by atoms with Gasteiger partial charge in [0, 0.05) is 6.54 Å². The van der Waals surface area contributed by atoms with Gasteiger partial charge in [-0.1, -0.05) is 36.4 Å². The molecule has 0 spiro atoms. The van der Waals surface area contributed by atoms with Gasteiger partial charge >= 0.3 is 0 Å². The molecule has 1 heterocycles. The fourth-order valence-corrected chi connectivity index (χ4v) is 2.13. The lowest BCUT2D eigenvalue weighted by atomic mass is 9.91. The molecule has 2 N–H and O–H groups in total. The molecule has 1 unspecified atom stereocenters. The highest BCUT2D eigenvalue weighted by atomic mass is 15.3. The Morgan fingerprint density at radius 1 is 1.50 bits per heavy atom. The molecule has 1 atom stereocenters. The molecule has 1 aromatic carbocycles. The van der Waals surface area contributed by atoms with Crippen molar-refractivity contribution in [2.75, 3.05) is 13.1 Å². The third-order valence-corrected chi connectivity index (χ3v) is 3.13. The zero-order chi connectivity index (χ0) is 11.6. The molecule has 0 saturated heterocycles. The van der Waals surface area contributed by atoms with Gasteiger partial charge in [-0.2, -0.15) is 0 Å². The van der Waals surface area contributed by atoms with Crippen LogP contribution < -0.4 is 5.73 Å². The molecule has 84 valence electrons. The molecular formula is C13H17N3. The number of nitrogens with two attached hydrogens (primary N) is 1. The van der Waals surface area contributed by atoms with Crippen molar-refractivity contribution in [3.8, 4) is 0 Å². The topological polar surface area (TPSA) is 41.6 Å². The molecule has 3 nitrogen and oxygen atoms in total. The molecule has 3 heteroatoms. The Morgan fingerprint density at radius 3 is 2.81 bits per heavy atom. The van der Waals surface area contributed by atoms with Crippen LogP contribution in [0, 0.1) is 0 Å². The maximum absolute atomic E-state index is 5.91. The van der Waals surface area contributed by atoms with Crippen LogP contribution in [0.5, 0.6) is 0 Å². The van der Waals surface area contributed by atoms with E-state index in [-0.39, 0.29) is 5.54 Å². The number of guanidine groups is 1. The first kappa shape index (κ1) is 10.7. The van der Waals surface area contributed by atoms with Gasteiger partial charge in [-0.05, 0) is 12.5 Å². The second-order valence-electron chi connectivity index (χ2n) is 4.21. The first-order valence-corrected chi connectivity index (χ1v) is 5.42. The summed E-state index contributed by atoms with van der Waals surface area (Å²) in [6.07, 6.45) is 1.86. The molecule has 0 aliphatic carbocycles. The van der Waals surface area contributed by atoms with E-state index < -0.39 is 0 Å². The predicted molar refractivity (Wildman–Crippen MR) is 67.2 cm³/mol. The lowest BCUT2D eigenvalue weighted by molar-refractivity contribution is 0.245. The van der Waals surface area contributed by atoms with Crippen molar-refractivity contribution in [1.82, 2.24) is 4.90 Å². The number of nitrogens with zero attached hydrogens (tertiary/aromatic N) is 2. The van der Waals surface area contributed by atoms with E-state index >= 15 is 0 Å². The maximum Gasteiger partial charge on any atom is 0.192 e. The number of hydrogen-bond acceptors (Lipinski definition) is 3. The summed E-state index contributed by atoms with van der Waals surface area (Å²) in [6, 6.07) is 10.3. The first-order valence-electron chi connectivity index (χ1n) is 5.42. The predicted octanol–water partition coefficient (Wildman–Crippen LogP) is 1.72. The molecule has 0 radical (unpaired) electrons. The number of benzene rings is 1. The van der Waals surface area contributed by atoms with Crippen molar-refractivity contribution in [3.63, 3.8) is 0 Å². The molecule has 2 rings (SSSR count). The first-order chi connectivity index (χ1) is 7.68. The lowest BCUT2D eigenvalue weighted by Crippen LogP contribution is -2.47. The van der Waals surface area contributed by atoms with Crippen LogP contribution in [-0.4, -0.2) is 23.9 Å². The zero-order valence-corrected chi connectivity index (χ0v) is 9.56. The SMILES string of the molecule is C=CCN1C(N)=NCC1(C)c1ccccc1. The maximum atomic E-state index is 5.91. The van der Waals surface area contributed by atoms with Crippen molar-refractivity contribution in [1.29, 1.82) is 0 Å². The van der Waals surface area contributed by atoms with Crippen LogP contribution in [0.4, 0.5) is 0 Å². The second-order valence-corrected chi connectivity index (χ2v) is 4.21. The highest BCUT2D eigenvalue weighted by Crippen LogP contribution is 2.32. The van der Waals surface area contributed by atoms with Crippen molar-refractivity contribution in [2.45, 2.75) is 12.5 Å². The number of rotatable bonds is 3. The Labute approximate surface area is 96.3 Å². The summed E-state index contributed by atoms with van der Waals surface area (Å²) in [6.45, 7) is 7.36. The minimum Gasteiger partial charge on any atom is -0.370 e. The molecule has 0 fully saturated rings. The van der Waals surface area contributed by atoms with Crippen LogP contribution >= 0.6 is 0 Å². The van der Waals surface area contributed by atoms with Crippen molar-refractivity contribution >= 4 is 5.96 Å². The Balaban J connectivity index is 2.35. The number of hydrogen-bond donors (Lipinski definition) is 1. The highest BCUT2D eigenvalue weighted by Gasteiger charge is 2.38. The third kappa shape index (κ3) is 1.58. The Morgan fingerprint density at radius 2 is 2.19 bits per heavy atom. The quantitative estimate of drug-likeness (QED) is 0.780. The van der Waals surface area contributed by atoms with Crippen LogP contribution in [0.15, 0.2) is 48.0 Å². The average Bonchev–Trinajstić information content (AvgIpc) is 2.60. The van der Waals surface area contributed by atoms with Gasteiger partial charge in [0.15, 0.2) is 5.96 Å². The molecule has 0 aromatic heterocycles. The third-order valence-electron chi connectivity index (χ3n) is 3.13. The van der Waals surface area contributed by atoms with Crippen LogP contribution in [0.1, 0.15) is 12.5 Å².